The van der Waals surface area contributed by atoms with E-state index in [2.05, 4.69) is 31.3 Å². The van der Waals surface area contributed by atoms with E-state index in [0.717, 1.165) is 20.0 Å². The summed E-state index contributed by atoms with van der Waals surface area (Å²) in [7, 11) is 0. The molecule has 3 N–H and O–H groups in total. The maximum Gasteiger partial charge on any atom is 0.147 e. The Morgan fingerprint density at radius 3 is 2.61 bits per heavy atom. The van der Waals surface area contributed by atoms with Gasteiger partial charge in [-0.2, -0.15) is 0 Å². The van der Waals surface area contributed by atoms with Gasteiger partial charge in [-0.25, -0.2) is 15.8 Å². The van der Waals surface area contributed by atoms with Crippen LogP contribution in [0, 0.1) is 13.8 Å². The lowest BCUT2D eigenvalue weighted by Gasteiger charge is -2.10. The molecule has 1 aromatic carbocycles. The van der Waals surface area contributed by atoms with Gasteiger partial charge in [-0.1, -0.05) is 23.9 Å². The molecule has 1 aromatic heterocycles. The third-order valence-corrected chi connectivity index (χ3v) is 4.51. The number of anilines is 1. The standard InChI is InChI=1S/C12H13BrN4S/c1-7-11(17-14)15-8(2)16-12(7)18-10-6-4-3-5-9(10)13/h3-6H,14H2,1-2H3,(H,15,16,17). The first kappa shape index (κ1) is 13.3. The van der Waals surface area contributed by atoms with Gasteiger partial charge < -0.3 is 5.43 Å². The highest BCUT2D eigenvalue weighted by Crippen LogP contribution is 2.35. The van der Waals surface area contributed by atoms with Gasteiger partial charge in [0.25, 0.3) is 0 Å². The summed E-state index contributed by atoms with van der Waals surface area (Å²) in [5.74, 6) is 6.81. The second kappa shape index (κ2) is 5.69. The van der Waals surface area contributed by atoms with Crippen molar-refractivity contribution >= 4 is 33.5 Å². The van der Waals surface area contributed by atoms with E-state index in [1.807, 2.05) is 38.1 Å². The predicted molar refractivity (Wildman–Crippen MR) is 77.6 cm³/mol. The Balaban J connectivity index is 2.40. The molecular weight excluding hydrogens is 312 g/mol. The number of benzene rings is 1. The number of nitrogen functional groups attached to an aromatic ring is 1. The topological polar surface area (TPSA) is 63.8 Å². The van der Waals surface area contributed by atoms with Crippen LogP contribution in [-0.4, -0.2) is 9.97 Å². The fourth-order valence-corrected chi connectivity index (χ4v) is 2.95. The molecule has 0 bridgehead atoms. The van der Waals surface area contributed by atoms with Crippen molar-refractivity contribution in [2.75, 3.05) is 5.43 Å². The molecule has 6 heteroatoms. The number of halogens is 1. The van der Waals surface area contributed by atoms with E-state index >= 15 is 0 Å². The minimum Gasteiger partial charge on any atom is -0.308 e. The van der Waals surface area contributed by atoms with Gasteiger partial charge in [0.05, 0.1) is 0 Å². The first-order valence-electron chi connectivity index (χ1n) is 5.36. The van der Waals surface area contributed by atoms with Crippen molar-refractivity contribution in [1.29, 1.82) is 0 Å². The Kier molecular flexibility index (Phi) is 4.21. The Morgan fingerprint density at radius 2 is 1.94 bits per heavy atom. The Labute approximate surface area is 119 Å². The summed E-state index contributed by atoms with van der Waals surface area (Å²) in [6, 6.07) is 8.03. The molecular formula is C12H13BrN4S. The van der Waals surface area contributed by atoms with Crippen LogP contribution in [0.15, 0.2) is 38.7 Å². The van der Waals surface area contributed by atoms with Crippen molar-refractivity contribution in [1.82, 2.24) is 9.97 Å². The summed E-state index contributed by atoms with van der Waals surface area (Å²) in [5, 5.41) is 0.905. The van der Waals surface area contributed by atoms with Gasteiger partial charge in [-0.15, -0.1) is 0 Å². The lowest BCUT2D eigenvalue weighted by molar-refractivity contribution is 0.935. The molecule has 0 fully saturated rings. The van der Waals surface area contributed by atoms with Crippen LogP contribution in [0.2, 0.25) is 0 Å². The van der Waals surface area contributed by atoms with E-state index in [4.69, 9.17) is 5.84 Å². The van der Waals surface area contributed by atoms with E-state index in [0.29, 0.717) is 11.6 Å². The van der Waals surface area contributed by atoms with Crippen molar-refractivity contribution in [3.05, 3.63) is 40.1 Å². The highest BCUT2D eigenvalue weighted by atomic mass is 79.9. The van der Waals surface area contributed by atoms with Crippen LogP contribution in [0.5, 0.6) is 0 Å². The SMILES string of the molecule is Cc1nc(NN)c(C)c(Sc2ccccc2Br)n1. The summed E-state index contributed by atoms with van der Waals surface area (Å²) < 4.78 is 1.05. The first-order valence-corrected chi connectivity index (χ1v) is 6.97. The maximum absolute atomic E-state index is 5.45. The Morgan fingerprint density at radius 1 is 1.22 bits per heavy atom. The smallest absolute Gasteiger partial charge is 0.147 e. The van der Waals surface area contributed by atoms with Crippen molar-refractivity contribution < 1.29 is 0 Å². The molecule has 2 aromatic rings. The van der Waals surface area contributed by atoms with Crippen molar-refractivity contribution in [2.45, 2.75) is 23.8 Å². The van der Waals surface area contributed by atoms with Gasteiger partial charge in [-0.3, -0.25) is 0 Å². The molecule has 94 valence electrons. The third-order valence-electron chi connectivity index (χ3n) is 2.39. The summed E-state index contributed by atoms with van der Waals surface area (Å²) in [5.41, 5.74) is 3.55. The van der Waals surface area contributed by atoms with Crippen LogP contribution in [0.4, 0.5) is 5.82 Å². The molecule has 0 radical (unpaired) electrons. The molecule has 0 amide bonds. The zero-order valence-electron chi connectivity index (χ0n) is 10.1. The highest BCUT2D eigenvalue weighted by molar-refractivity contribution is 9.10. The Hall–Kier alpha value is -1.11. The largest absolute Gasteiger partial charge is 0.308 e. The number of hydrazine groups is 1. The van der Waals surface area contributed by atoms with Crippen LogP contribution in [-0.2, 0) is 0 Å². The zero-order valence-corrected chi connectivity index (χ0v) is 12.5. The normalized spacial score (nSPS) is 10.4. The van der Waals surface area contributed by atoms with Gasteiger partial charge in [0.1, 0.15) is 16.7 Å². The van der Waals surface area contributed by atoms with Crippen LogP contribution >= 0.6 is 27.7 Å². The molecule has 0 spiro atoms. The van der Waals surface area contributed by atoms with E-state index < -0.39 is 0 Å². The predicted octanol–water partition coefficient (Wildman–Crippen LogP) is 3.29. The maximum atomic E-state index is 5.45. The number of nitrogens with one attached hydrogen (secondary N) is 1. The number of aromatic nitrogens is 2. The van der Waals surface area contributed by atoms with Crippen molar-refractivity contribution in [3.8, 4) is 0 Å². The van der Waals surface area contributed by atoms with Crippen molar-refractivity contribution in [2.24, 2.45) is 5.84 Å². The lowest BCUT2D eigenvalue weighted by Crippen LogP contribution is -2.12. The summed E-state index contributed by atoms with van der Waals surface area (Å²) in [6.45, 7) is 3.80. The fourth-order valence-electron chi connectivity index (χ4n) is 1.47. The van der Waals surface area contributed by atoms with E-state index in [1.165, 1.54) is 0 Å². The van der Waals surface area contributed by atoms with Gasteiger partial charge in [0.2, 0.25) is 0 Å². The van der Waals surface area contributed by atoms with Gasteiger partial charge in [0, 0.05) is 14.9 Å². The number of aryl methyl sites for hydroxylation is 1. The molecule has 2 rings (SSSR count). The molecule has 18 heavy (non-hydrogen) atoms. The Bertz CT molecular complexity index is 574. The quantitative estimate of drug-likeness (QED) is 0.515. The van der Waals surface area contributed by atoms with Crippen LogP contribution < -0.4 is 11.3 Å². The second-order valence-corrected chi connectivity index (χ2v) is 5.61. The molecule has 0 aliphatic rings. The molecule has 0 unspecified atom stereocenters. The fraction of sp³-hybridized carbons (Fsp3) is 0.167. The number of hydrogen-bond donors (Lipinski definition) is 2. The molecule has 0 saturated heterocycles. The zero-order chi connectivity index (χ0) is 13.1. The number of nitrogens with zero attached hydrogens (tertiary/aromatic N) is 2. The lowest BCUT2D eigenvalue weighted by atomic mass is 10.3. The third kappa shape index (κ3) is 2.82. The van der Waals surface area contributed by atoms with E-state index in [9.17, 15) is 0 Å². The molecule has 0 aliphatic heterocycles. The van der Waals surface area contributed by atoms with Gasteiger partial charge in [-0.05, 0) is 41.9 Å². The monoisotopic (exact) mass is 324 g/mol. The van der Waals surface area contributed by atoms with Crippen LogP contribution in [0.1, 0.15) is 11.4 Å². The molecule has 0 atom stereocenters. The average molecular weight is 325 g/mol. The molecule has 4 nitrogen and oxygen atoms in total. The van der Waals surface area contributed by atoms with Crippen LogP contribution in [0.3, 0.4) is 0 Å². The number of nitrogens with two attached hydrogens (primary N) is 1. The van der Waals surface area contributed by atoms with Crippen LogP contribution in [0.25, 0.3) is 0 Å². The second-order valence-electron chi connectivity index (χ2n) is 3.73. The minimum atomic E-state index is 0.664. The van der Waals surface area contributed by atoms with Gasteiger partial charge in [0.15, 0.2) is 0 Å². The van der Waals surface area contributed by atoms with Gasteiger partial charge >= 0.3 is 0 Å². The minimum absolute atomic E-state index is 0.664. The summed E-state index contributed by atoms with van der Waals surface area (Å²) in [6.07, 6.45) is 0. The van der Waals surface area contributed by atoms with Crippen molar-refractivity contribution in [3.63, 3.8) is 0 Å². The first-order chi connectivity index (χ1) is 8.61. The molecule has 1 heterocycles. The summed E-state index contributed by atoms with van der Waals surface area (Å²) in [4.78, 5) is 9.81. The highest BCUT2D eigenvalue weighted by Gasteiger charge is 2.11. The summed E-state index contributed by atoms with van der Waals surface area (Å²) >= 11 is 5.12. The van der Waals surface area contributed by atoms with E-state index in [-0.39, 0.29) is 0 Å². The molecule has 0 saturated carbocycles. The molecule has 0 aliphatic carbocycles. The average Bonchev–Trinajstić information content (AvgIpc) is 2.36. The number of rotatable bonds is 3. The number of hydrogen-bond acceptors (Lipinski definition) is 5. The van der Waals surface area contributed by atoms with E-state index in [1.54, 1.807) is 11.8 Å².